The first kappa shape index (κ1) is 38.1. The van der Waals surface area contributed by atoms with E-state index in [0.717, 1.165) is 21.3 Å². The van der Waals surface area contributed by atoms with Crippen molar-refractivity contribution in [2.24, 2.45) is 5.73 Å². The molecular formula is C32H30F5N3O9. The monoisotopic (exact) mass is 695 g/mol. The maximum absolute atomic E-state index is 15.3. The fourth-order valence-electron chi connectivity index (χ4n) is 4.74. The number of aliphatic hydroxyl groups excluding tert-OH is 2. The van der Waals surface area contributed by atoms with Crippen molar-refractivity contribution < 1.29 is 56.7 Å². The lowest BCUT2D eigenvalue weighted by Crippen LogP contribution is -2.44. The lowest BCUT2D eigenvalue weighted by atomic mass is 10.0. The zero-order valence-corrected chi connectivity index (χ0v) is 25.7. The fraction of sp³-hybridized carbons (Fsp3) is 0.250. The maximum Gasteiger partial charge on any atom is 0.416 e. The predicted molar refractivity (Wildman–Crippen MR) is 163 cm³/mol. The van der Waals surface area contributed by atoms with Gasteiger partial charge in [-0.1, -0.05) is 48.5 Å². The zero-order chi connectivity index (χ0) is 36.8. The second kappa shape index (κ2) is 15.7. The molecule has 0 saturated carbocycles. The Kier molecular flexibility index (Phi) is 12.2. The highest BCUT2D eigenvalue weighted by Gasteiger charge is 2.35. The van der Waals surface area contributed by atoms with Crippen molar-refractivity contribution in [3.05, 3.63) is 122 Å². The molecule has 0 radical (unpaired) electrons. The number of carbonyl (C=O) groups is 2. The quantitative estimate of drug-likeness (QED) is 0.154. The number of methoxy groups -OCH3 is 1. The van der Waals surface area contributed by atoms with Crippen LogP contribution < -0.4 is 21.7 Å². The van der Waals surface area contributed by atoms with E-state index in [0.29, 0.717) is 11.6 Å². The molecule has 3 atom stereocenters. The molecule has 0 fully saturated rings. The molecule has 4 rings (SSSR count). The topological polar surface area (TPSA) is 194 Å². The number of aliphatic carboxylic acids is 2. The molecule has 0 aliphatic carbocycles. The summed E-state index contributed by atoms with van der Waals surface area (Å²) in [6, 6.07) is 14.1. The summed E-state index contributed by atoms with van der Waals surface area (Å²) in [4.78, 5) is 46.8. The summed E-state index contributed by atoms with van der Waals surface area (Å²) in [5, 5.41) is 32.5. The molecule has 0 aliphatic heterocycles. The number of carboxylic acid groups (broad SMARTS) is 2. The first-order chi connectivity index (χ1) is 22.9. The van der Waals surface area contributed by atoms with Gasteiger partial charge in [-0.2, -0.15) is 13.2 Å². The number of benzene rings is 3. The standard InChI is InChI=1S/C28H24F5N3O3.C4H6O6/c1-16-24(18-10-6-13-23(39-2)25(18)30)26(37)36(15-22(34)17-8-4-3-5-9-17)27(38)35(16)14-19-20(28(31,32)33)11-7-12-21(19)29;5-1(3(7)8)2(6)4(9)10/h3-13,22H,14-15,34H2,1-2H3;1-2,5-6H,(H,7,8)(H,9,10)/t22-;1-,2-/m01/s1. The summed E-state index contributed by atoms with van der Waals surface area (Å²) < 4.78 is 77.8. The van der Waals surface area contributed by atoms with Crippen LogP contribution in [0.25, 0.3) is 11.1 Å². The van der Waals surface area contributed by atoms with Crippen LogP contribution in [-0.4, -0.2) is 60.8 Å². The van der Waals surface area contributed by atoms with Crippen LogP contribution >= 0.6 is 0 Å². The Bertz CT molecular complexity index is 1930. The molecule has 0 amide bonds. The number of aromatic nitrogens is 2. The molecule has 1 aromatic heterocycles. The number of ether oxygens (including phenoxy) is 1. The van der Waals surface area contributed by atoms with Crippen LogP contribution in [-0.2, 0) is 28.9 Å². The van der Waals surface area contributed by atoms with Gasteiger partial charge < -0.3 is 30.9 Å². The van der Waals surface area contributed by atoms with Gasteiger partial charge in [-0.05, 0) is 30.7 Å². The minimum Gasteiger partial charge on any atom is -0.494 e. The molecule has 0 spiro atoms. The largest absolute Gasteiger partial charge is 0.494 e. The first-order valence-corrected chi connectivity index (χ1v) is 14.1. The van der Waals surface area contributed by atoms with Gasteiger partial charge >= 0.3 is 23.8 Å². The van der Waals surface area contributed by atoms with Gasteiger partial charge in [0.2, 0.25) is 0 Å². The maximum atomic E-state index is 15.3. The summed E-state index contributed by atoms with van der Waals surface area (Å²) >= 11 is 0. The van der Waals surface area contributed by atoms with Crippen molar-refractivity contribution in [3.63, 3.8) is 0 Å². The SMILES string of the molecule is COc1cccc(-c2c(C)n(Cc3c(F)cccc3C(F)(F)F)c(=O)n(C[C@H](N)c3ccccc3)c2=O)c1F.O=C(O)[C@H](O)[C@@H](O)C(=O)O. The number of hydrogen-bond donors (Lipinski definition) is 5. The number of hydrogen-bond acceptors (Lipinski definition) is 8. The van der Waals surface area contributed by atoms with Crippen LogP contribution in [0.4, 0.5) is 22.0 Å². The number of carboxylic acids is 2. The minimum absolute atomic E-state index is 0.155. The van der Waals surface area contributed by atoms with E-state index in [1.165, 1.54) is 32.2 Å². The van der Waals surface area contributed by atoms with E-state index in [9.17, 15) is 36.7 Å². The molecule has 1 heterocycles. The number of rotatable bonds is 10. The molecule has 0 aliphatic rings. The van der Waals surface area contributed by atoms with Crippen molar-refractivity contribution in [2.45, 2.75) is 44.4 Å². The van der Waals surface area contributed by atoms with Crippen molar-refractivity contribution in [2.75, 3.05) is 7.11 Å². The summed E-state index contributed by atoms with van der Waals surface area (Å²) in [5.74, 6) is -5.83. The molecule has 262 valence electrons. The van der Waals surface area contributed by atoms with E-state index in [1.54, 1.807) is 30.3 Å². The Morgan fingerprint density at radius 2 is 1.45 bits per heavy atom. The van der Waals surface area contributed by atoms with E-state index in [1.807, 2.05) is 0 Å². The minimum atomic E-state index is -4.92. The van der Waals surface area contributed by atoms with E-state index in [2.05, 4.69) is 0 Å². The number of alkyl halides is 3. The molecule has 49 heavy (non-hydrogen) atoms. The second-order valence-corrected chi connectivity index (χ2v) is 10.4. The van der Waals surface area contributed by atoms with Gasteiger partial charge in [0.1, 0.15) is 5.82 Å². The van der Waals surface area contributed by atoms with Crippen LogP contribution in [0.2, 0.25) is 0 Å². The molecule has 0 bridgehead atoms. The van der Waals surface area contributed by atoms with Gasteiger partial charge in [0, 0.05) is 22.9 Å². The average Bonchev–Trinajstić information content (AvgIpc) is 3.05. The Morgan fingerprint density at radius 3 is 1.98 bits per heavy atom. The highest BCUT2D eigenvalue weighted by atomic mass is 19.4. The average molecular weight is 696 g/mol. The van der Waals surface area contributed by atoms with E-state index in [-0.39, 0.29) is 29.1 Å². The molecular weight excluding hydrogens is 665 g/mol. The van der Waals surface area contributed by atoms with Crippen molar-refractivity contribution in [1.29, 1.82) is 0 Å². The second-order valence-electron chi connectivity index (χ2n) is 10.4. The summed E-state index contributed by atoms with van der Waals surface area (Å²) in [6.07, 6.45) is -9.45. The summed E-state index contributed by atoms with van der Waals surface area (Å²) in [6.45, 7) is 0.0438. The Morgan fingerprint density at radius 1 is 0.878 bits per heavy atom. The van der Waals surface area contributed by atoms with Crippen LogP contribution in [0.1, 0.15) is 28.4 Å². The third kappa shape index (κ3) is 8.56. The van der Waals surface area contributed by atoms with Crippen molar-refractivity contribution in [3.8, 4) is 16.9 Å². The Labute approximate surface area is 273 Å². The van der Waals surface area contributed by atoms with Gasteiger partial charge in [0.15, 0.2) is 23.8 Å². The van der Waals surface area contributed by atoms with Crippen molar-refractivity contribution in [1.82, 2.24) is 9.13 Å². The Hall–Kier alpha value is -5.39. The third-order valence-corrected chi connectivity index (χ3v) is 7.29. The zero-order valence-electron chi connectivity index (χ0n) is 25.7. The third-order valence-electron chi connectivity index (χ3n) is 7.29. The Balaban J connectivity index is 0.000000565. The molecule has 17 heteroatoms. The highest BCUT2D eigenvalue weighted by Crippen LogP contribution is 2.34. The smallest absolute Gasteiger partial charge is 0.416 e. The van der Waals surface area contributed by atoms with Gasteiger partial charge in [0.05, 0.1) is 31.3 Å². The molecule has 0 saturated heterocycles. The highest BCUT2D eigenvalue weighted by molar-refractivity contribution is 5.83. The normalized spacial score (nSPS) is 13.1. The predicted octanol–water partition coefficient (Wildman–Crippen LogP) is 2.92. The van der Waals surface area contributed by atoms with Gasteiger partial charge in [-0.15, -0.1) is 0 Å². The van der Waals surface area contributed by atoms with Crippen LogP contribution in [0, 0.1) is 18.6 Å². The van der Waals surface area contributed by atoms with Gasteiger partial charge in [-0.3, -0.25) is 13.9 Å². The van der Waals surface area contributed by atoms with Crippen LogP contribution in [0.5, 0.6) is 5.75 Å². The number of nitrogens with zero attached hydrogens (tertiary/aromatic N) is 2. The summed E-state index contributed by atoms with van der Waals surface area (Å²) in [7, 11) is 1.23. The molecule has 4 aromatic rings. The van der Waals surface area contributed by atoms with Gasteiger partial charge in [-0.25, -0.2) is 23.2 Å². The molecule has 3 aromatic carbocycles. The van der Waals surface area contributed by atoms with E-state index >= 15 is 4.39 Å². The summed E-state index contributed by atoms with van der Waals surface area (Å²) in [5.41, 5.74) is 2.15. The number of halogens is 5. The molecule has 6 N–H and O–H groups in total. The van der Waals surface area contributed by atoms with Gasteiger partial charge in [0.25, 0.3) is 5.56 Å². The first-order valence-electron chi connectivity index (χ1n) is 14.1. The van der Waals surface area contributed by atoms with E-state index in [4.69, 9.17) is 30.9 Å². The number of aliphatic hydroxyl groups is 2. The lowest BCUT2D eigenvalue weighted by Gasteiger charge is -2.21. The van der Waals surface area contributed by atoms with E-state index < -0.39 is 76.9 Å². The molecule has 0 unspecified atom stereocenters. The van der Waals surface area contributed by atoms with Crippen LogP contribution in [0.15, 0.2) is 76.3 Å². The van der Waals surface area contributed by atoms with Crippen LogP contribution in [0.3, 0.4) is 0 Å². The molecule has 12 nitrogen and oxygen atoms in total. The number of nitrogens with two attached hydrogens (primary N) is 1. The van der Waals surface area contributed by atoms with Crippen molar-refractivity contribution >= 4 is 11.9 Å². The fourth-order valence-corrected chi connectivity index (χ4v) is 4.74. The lowest BCUT2D eigenvalue weighted by molar-refractivity contribution is -0.165.